The van der Waals surface area contributed by atoms with E-state index < -0.39 is 0 Å². The summed E-state index contributed by atoms with van der Waals surface area (Å²) in [5.41, 5.74) is 3.53. The predicted octanol–water partition coefficient (Wildman–Crippen LogP) is 5.25. The predicted molar refractivity (Wildman–Crippen MR) is 107 cm³/mol. The van der Waals surface area contributed by atoms with Gasteiger partial charge in [-0.15, -0.1) is 11.8 Å². The number of aryl methyl sites for hydroxylation is 1. The van der Waals surface area contributed by atoms with Crippen LogP contribution in [-0.2, 0) is 4.79 Å². The maximum Gasteiger partial charge on any atom is 0.224 e. The molecule has 4 nitrogen and oxygen atoms in total. The van der Waals surface area contributed by atoms with Gasteiger partial charge in [-0.2, -0.15) is 0 Å². The molecule has 132 valence electrons. The van der Waals surface area contributed by atoms with Gasteiger partial charge < -0.3 is 5.32 Å². The Morgan fingerprint density at radius 3 is 2.72 bits per heavy atom. The lowest BCUT2D eigenvalue weighted by Gasteiger charge is -2.16. The molecular formula is C19H22ClN3OS. The van der Waals surface area contributed by atoms with E-state index >= 15 is 0 Å². The molecule has 0 saturated heterocycles. The van der Waals surface area contributed by atoms with E-state index in [4.69, 9.17) is 16.6 Å². The fourth-order valence-corrected chi connectivity index (χ4v) is 2.97. The average Bonchev–Trinajstić information content (AvgIpc) is 2.62. The van der Waals surface area contributed by atoms with Crippen LogP contribution in [0.1, 0.15) is 31.4 Å². The standard InChI is InChI=1S/C19H22ClN3OS/c1-5-13(3)21-19-22-17(14-8-9-16(20)12(2)11-14)15(7-6-10-24)18(23-19)25-4/h6-11,13H,5H2,1-4H3,(H,21,22,23)/b7-6+. The van der Waals surface area contributed by atoms with Crippen molar-refractivity contribution in [3.63, 3.8) is 0 Å². The Hall–Kier alpha value is -1.85. The number of nitrogens with one attached hydrogen (secondary N) is 1. The number of benzene rings is 1. The number of hydrogen-bond donors (Lipinski definition) is 1. The molecule has 0 aliphatic heterocycles. The molecule has 0 aliphatic rings. The van der Waals surface area contributed by atoms with E-state index in [9.17, 15) is 4.79 Å². The van der Waals surface area contributed by atoms with E-state index in [1.165, 1.54) is 17.8 Å². The van der Waals surface area contributed by atoms with Crippen molar-refractivity contribution in [1.29, 1.82) is 0 Å². The number of anilines is 1. The average molecular weight is 376 g/mol. The van der Waals surface area contributed by atoms with Gasteiger partial charge in [0.25, 0.3) is 0 Å². The minimum atomic E-state index is 0.269. The van der Waals surface area contributed by atoms with Crippen LogP contribution in [0.15, 0.2) is 29.3 Å². The Labute approximate surface area is 158 Å². The van der Waals surface area contributed by atoms with Crippen molar-refractivity contribution in [2.24, 2.45) is 0 Å². The summed E-state index contributed by atoms with van der Waals surface area (Å²) in [5.74, 6) is 0.588. The SMILES string of the molecule is CCC(C)Nc1nc(SC)c(/C=C/C=O)c(-c2ccc(Cl)c(C)c2)n1. The smallest absolute Gasteiger partial charge is 0.224 e. The maximum atomic E-state index is 10.8. The van der Waals surface area contributed by atoms with Crippen LogP contribution in [0.2, 0.25) is 5.02 Å². The van der Waals surface area contributed by atoms with Crippen LogP contribution in [0, 0.1) is 6.92 Å². The van der Waals surface area contributed by atoms with Crippen LogP contribution in [0.25, 0.3) is 17.3 Å². The molecule has 1 aromatic carbocycles. The van der Waals surface area contributed by atoms with Crippen LogP contribution in [-0.4, -0.2) is 28.6 Å². The molecule has 0 saturated carbocycles. The third-order valence-electron chi connectivity index (χ3n) is 3.86. The van der Waals surface area contributed by atoms with Crippen LogP contribution < -0.4 is 5.32 Å². The molecule has 6 heteroatoms. The van der Waals surface area contributed by atoms with Crippen molar-refractivity contribution < 1.29 is 4.79 Å². The molecule has 1 aromatic heterocycles. The van der Waals surface area contributed by atoms with Gasteiger partial charge in [0, 0.05) is 22.2 Å². The van der Waals surface area contributed by atoms with E-state index in [1.54, 1.807) is 6.08 Å². The lowest BCUT2D eigenvalue weighted by molar-refractivity contribution is -0.104. The summed E-state index contributed by atoms with van der Waals surface area (Å²) < 4.78 is 0. The number of hydrogen-bond acceptors (Lipinski definition) is 5. The zero-order valence-electron chi connectivity index (χ0n) is 14.8. The largest absolute Gasteiger partial charge is 0.352 e. The molecule has 1 unspecified atom stereocenters. The number of halogens is 1. The highest BCUT2D eigenvalue weighted by Gasteiger charge is 2.15. The van der Waals surface area contributed by atoms with E-state index in [1.807, 2.05) is 31.4 Å². The van der Waals surface area contributed by atoms with Gasteiger partial charge in [-0.1, -0.05) is 24.6 Å². The summed E-state index contributed by atoms with van der Waals surface area (Å²) in [6.07, 6.45) is 6.91. The van der Waals surface area contributed by atoms with Gasteiger partial charge in [0.2, 0.25) is 5.95 Å². The zero-order chi connectivity index (χ0) is 18.4. The summed E-state index contributed by atoms with van der Waals surface area (Å²) >= 11 is 7.69. The topological polar surface area (TPSA) is 54.9 Å². The molecule has 1 heterocycles. The number of carbonyl (C=O) groups excluding carboxylic acids is 1. The number of rotatable bonds is 7. The number of nitrogens with zero attached hydrogens (tertiary/aromatic N) is 2. The number of carbonyl (C=O) groups is 1. The second-order valence-corrected chi connectivity index (χ2v) is 6.93. The fraction of sp³-hybridized carbons (Fsp3) is 0.316. The van der Waals surface area contributed by atoms with Gasteiger partial charge in [-0.05, 0) is 56.4 Å². The van der Waals surface area contributed by atoms with E-state index in [0.717, 1.165) is 40.1 Å². The van der Waals surface area contributed by atoms with Crippen molar-refractivity contribution in [1.82, 2.24) is 9.97 Å². The Bertz CT molecular complexity index is 792. The molecule has 25 heavy (non-hydrogen) atoms. The van der Waals surface area contributed by atoms with Crippen LogP contribution in [0.5, 0.6) is 0 Å². The lowest BCUT2D eigenvalue weighted by Crippen LogP contribution is -2.16. The first-order chi connectivity index (χ1) is 12.0. The summed E-state index contributed by atoms with van der Waals surface area (Å²) in [6, 6.07) is 6.07. The van der Waals surface area contributed by atoms with Gasteiger partial charge in [0.05, 0.1) is 5.69 Å². The Balaban J connectivity index is 2.66. The monoisotopic (exact) mass is 375 g/mol. The third kappa shape index (κ3) is 4.83. The number of thioether (sulfide) groups is 1. The first-order valence-electron chi connectivity index (χ1n) is 8.11. The van der Waals surface area contributed by atoms with E-state index in [0.29, 0.717) is 11.0 Å². The molecule has 0 bridgehead atoms. The van der Waals surface area contributed by atoms with Crippen molar-refractivity contribution in [2.45, 2.75) is 38.3 Å². The van der Waals surface area contributed by atoms with Gasteiger partial charge in [-0.25, -0.2) is 9.97 Å². The van der Waals surface area contributed by atoms with Gasteiger partial charge in [0.1, 0.15) is 11.3 Å². The Morgan fingerprint density at radius 1 is 1.36 bits per heavy atom. The molecule has 1 N–H and O–H groups in total. The summed E-state index contributed by atoms with van der Waals surface area (Å²) in [6.45, 7) is 6.16. The van der Waals surface area contributed by atoms with Crippen LogP contribution in [0.3, 0.4) is 0 Å². The Kier molecular flexibility index (Phi) is 7.02. The minimum Gasteiger partial charge on any atom is -0.352 e. The zero-order valence-corrected chi connectivity index (χ0v) is 16.4. The number of aromatic nitrogens is 2. The summed E-state index contributed by atoms with van der Waals surface area (Å²) in [4.78, 5) is 20.1. The molecule has 0 aliphatic carbocycles. The summed E-state index contributed by atoms with van der Waals surface area (Å²) in [5, 5.41) is 4.87. The molecule has 1 atom stereocenters. The number of aldehydes is 1. The maximum absolute atomic E-state index is 10.8. The lowest BCUT2D eigenvalue weighted by atomic mass is 10.0. The first kappa shape index (κ1) is 19.5. The van der Waals surface area contributed by atoms with Gasteiger partial charge in [-0.3, -0.25) is 4.79 Å². The van der Waals surface area contributed by atoms with Crippen molar-refractivity contribution in [2.75, 3.05) is 11.6 Å². The van der Waals surface area contributed by atoms with Crippen LogP contribution in [0.4, 0.5) is 5.95 Å². The number of allylic oxidation sites excluding steroid dienone is 1. The van der Waals surface area contributed by atoms with Crippen molar-refractivity contribution in [3.05, 3.63) is 40.4 Å². The quantitative estimate of drug-likeness (QED) is 0.310. The van der Waals surface area contributed by atoms with Crippen molar-refractivity contribution >= 4 is 41.7 Å². The molecule has 0 radical (unpaired) electrons. The molecule has 0 fully saturated rings. The second-order valence-electron chi connectivity index (χ2n) is 5.73. The van der Waals surface area contributed by atoms with E-state index in [2.05, 4.69) is 24.1 Å². The van der Waals surface area contributed by atoms with Gasteiger partial charge >= 0.3 is 0 Å². The molecule has 2 rings (SSSR count). The van der Waals surface area contributed by atoms with Gasteiger partial charge in [0.15, 0.2) is 0 Å². The second kappa shape index (κ2) is 9.02. The van der Waals surface area contributed by atoms with Crippen LogP contribution >= 0.6 is 23.4 Å². The fourth-order valence-electron chi connectivity index (χ4n) is 2.29. The Morgan fingerprint density at radius 2 is 2.12 bits per heavy atom. The third-order valence-corrected chi connectivity index (χ3v) is 4.99. The highest BCUT2D eigenvalue weighted by Crippen LogP contribution is 2.32. The van der Waals surface area contributed by atoms with E-state index in [-0.39, 0.29) is 6.04 Å². The first-order valence-corrected chi connectivity index (χ1v) is 9.71. The molecule has 0 spiro atoms. The highest BCUT2D eigenvalue weighted by molar-refractivity contribution is 7.98. The molecular weight excluding hydrogens is 354 g/mol. The summed E-state index contributed by atoms with van der Waals surface area (Å²) in [7, 11) is 0. The molecule has 0 amide bonds. The molecule has 2 aromatic rings. The van der Waals surface area contributed by atoms with Crippen molar-refractivity contribution in [3.8, 4) is 11.3 Å². The normalized spacial score (nSPS) is 12.4. The highest BCUT2D eigenvalue weighted by atomic mass is 35.5. The minimum absolute atomic E-state index is 0.269.